The number of guanidine groups is 1. The number of aliphatic imine (C=N–C) groups is 1. The number of nitrogens with one attached hydrogen (secondary N) is 2. The maximum absolute atomic E-state index is 10.7. The van der Waals surface area contributed by atoms with E-state index in [-0.39, 0.29) is 30.5 Å². The van der Waals surface area contributed by atoms with Crippen LogP contribution in [0.5, 0.6) is 11.5 Å². The second-order valence-electron chi connectivity index (χ2n) is 7.06. The summed E-state index contributed by atoms with van der Waals surface area (Å²) in [5.74, 6) is 3.46. The molecule has 8 heteroatoms. The Kier molecular flexibility index (Phi) is 8.63. The standard InChI is InChI=1S/C21H29N3O4.HI/c1-4-22-20(24-14-21(3,25)19-9-6-15(2)28-19)23-13-16-7-8-17-18(12-16)27-11-5-10-26-17;/h6-9,12,25H,4-5,10-11,13-14H2,1-3H3,(H2,22,23,24);1H. The molecule has 1 aromatic heterocycles. The van der Waals surface area contributed by atoms with Gasteiger partial charge in [-0.15, -0.1) is 24.0 Å². The van der Waals surface area contributed by atoms with Crippen molar-refractivity contribution >= 4 is 29.9 Å². The molecular formula is C21H30IN3O4. The lowest BCUT2D eigenvalue weighted by Crippen LogP contribution is -2.44. The SMILES string of the molecule is CCNC(=NCc1ccc2c(c1)OCCCO2)NCC(C)(O)c1ccc(C)o1.I. The third kappa shape index (κ3) is 6.53. The van der Waals surface area contributed by atoms with Crippen LogP contribution in [-0.2, 0) is 12.1 Å². The van der Waals surface area contributed by atoms with Gasteiger partial charge in [-0.3, -0.25) is 0 Å². The minimum atomic E-state index is -1.14. The third-order valence-electron chi connectivity index (χ3n) is 4.45. The summed E-state index contributed by atoms with van der Waals surface area (Å²) in [5, 5.41) is 17.1. The van der Waals surface area contributed by atoms with Gasteiger partial charge in [-0.1, -0.05) is 6.07 Å². The molecule has 0 aliphatic carbocycles. The molecule has 0 amide bonds. The minimum Gasteiger partial charge on any atom is -0.490 e. The highest BCUT2D eigenvalue weighted by molar-refractivity contribution is 14.0. The largest absolute Gasteiger partial charge is 0.490 e. The second-order valence-corrected chi connectivity index (χ2v) is 7.06. The zero-order valence-corrected chi connectivity index (χ0v) is 19.5. The Morgan fingerprint density at radius 2 is 1.90 bits per heavy atom. The Morgan fingerprint density at radius 3 is 2.59 bits per heavy atom. The molecule has 1 aliphatic heterocycles. The van der Waals surface area contributed by atoms with Crippen molar-refractivity contribution in [1.29, 1.82) is 0 Å². The number of ether oxygens (including phenoxy) is 2. The number of aryl methyl sites for hydroxylation is 1. The summed E-state index contributed by atoms with van der Waals surface area (Å²) in [4.78, 5) is 4.61. The summed E-state index contributed by atoms with van der Waals surface area (Å²) < 4.78 is 17.0. The highest BCUT2D eigenvalue weighted by Crippen LogP contribution is 2.30. The molecule has 0 spiro atoms. The number of aliphatic hydroxyl groups is 1. The normalized spacial score (nSPS) is 15.7. The Bertz CT molecular complexity index is 820. The minimum absolute atomic E-state index is 0. The zero-order valence-electron chi connectivity index (χ0n) is 17.2. The lowest BCUT2D eigenvalue weighted by atomic mass is 10.0. The molecule has 1 aromatic carbocycles. The molecular weight excluding hydrogens is 485 g/mol. The molecule has 29 heavy (non-hydrogen) atoms. The van der Waals surface area contributed by atoms with Gasteiger partial charge in [0.25, 0.3) is 0 Å². The van der Waals surface area contributed by atoms with Crippen molar-refractivity contribution < 1.29 is 19.0 Å². The van der Waals surface area contributed by atoms with Gasteiger partial charge in [0, 0.05) is 13.0 Å². The maximum Gasteiger partial charge on any atom is 0.191 e. The fraction of sp³-hybridized carbons (Fsp3) is 0.476. The number of furan rings is 1. The molecule has 0 radical (unpaired) electrons. The molecule has 0 fully saturated rings. The lowest BCUT2D eigenvalue weighted by molar-refractivity contribution is 0.0378. The van der Waals surface area contributed by atoms with Crippen LogP contribution < -0.4 is 20.1 Å². The fourth-order valence-electron chi connectivity index (χ4n) is 2.89. The second kappa shape index (κ2) is 10.7. The summed E-state index contributed by atoms with van der Waals surface area (Å²) in [7, 11) is 0. The van der Waals surface area contributed by atoms with Gasteiger partial charge in [0.1, 0.15) is 17.1 Å². The first-order chi connectivity index (χ1) is 13.5. The number of hydrogen-bond donors (Lipinski definition) is 3. The number of rotatable bonds is 6. The zero-order chi connectivity index (χ0) is 20.0. The summed E-state index contributed by atoms with van der Waals surface area (Å²) in [6.07, 6.45) is 0.881. The molecule has 2 aromatic rings. The molecule has 1 unspecified atom stereocenters. The Hall–Kier alpha value is -1.94. The van der Waals surface area contributed by atoms with E-state index in [1.807, 2.05) is 38.1 Å². The highest BCUT2D eigenvalue weighted by atomic mass is 127. The van der Waals surface area contributed by atoms with Crippen LogP contribution in [0.15, 0.2) is 39.7 Å². The van der Waals surface area contributed by atoms with Gasteiger partial charge >= 0.3 is 0 Å². The topological polar surface area (TPSA) is 88.3 Å². The molecule has 0 saturated carbocycles. The van der Waals surface area contributed by atoms with Crippen molar-refractivity contribution in [3.05, 3.63) is 47.4 Å². The first kappa shape index (κ1) is 23.3. The van der Waals surface area contributed by atoms with E-state index in [2.05, 4.69) is 15.6 Å². The molecule has 1 aliphatic rings. The smallest absolute Gasteiger partial charge is 0.191 e. The highest BCUT2D eigenvalue weighted by Gasteiger charge is 2.27. The van der Waals surface area contributed by atoms with Gasteiger partial charge < -0.3 is 29.6 Å². The molecule has 1 atom stereocenters. The quantitative estimate of drug-likeness (QED) is 0.311. The van der Waals surface area contributed by atoms with Crippen LogP contribution in [0.1, 0.15) is 37.4 Å². The van der Waals surface area contributed by atoms with Crippen LogP contribution in [0.2, 0.25) is 0 Å². The Labute approximate surface area is 188 Å². The van der Waals surface area contributed by atoms with Gasteiger partial charge in [0.2, 0.25) is 0 Å². The fourth-order valence-corrected chi connectivity index (χ4v) is 2.89. The summed E-state index contributed by atoms with van der Waals surface area (Å²) in [6, 6.07) is 9.51. The maximum atomic E-state index is 10.7. The van der Waals surface area contributed by atoms with Crippen LogP contribution in [0.4, 0.5) is 0 Å². The van der Waals surface area contributed by atoms with E-state index >= 15 is 0 Å². The predicted octanol–water partition coefficient (Wildman–Crippen LogP) is 3.33. The number of benzene rings is 1. The van der Waals surface area contributed by atoms with E-state index in [0.717, 1.165) is 35.8 Å². The van der Waals surface area contributed by atoms with Gasteiger partial charge in [-0.05, 0) is 50.6 Å². The van der Waals surface area contributed by atoms with E-state index in [9.17, 15) is 5.11 Å². The summed E-state index contributed by atoms with van der Waals surface area (Å²) >= 11 is 0. The summed E-state index contributed by atoms with van der Waals surface area (Å²) in [5.41, 5.74) is -0.116. The lowest BCUT2D eigenvalue weighted by Gasteiger charge is -2.22. The van der Waals surface area contributed by atoms with E-state index in [4.69, 9.17) is 13.9 Å². The average Bonchev–Trinajstić information content (AvgIpc) is 2.99. The van der Waals surface area contributed by atoms with E-state index in [1.54, 1.807) is 13.0 Å². The number of fused-ring (bicyclic) bond motifs is 1. The van der Waals surface area contributed by atoms with Crippen molar-refractivity contribution in [2.75, 3.05) is 26.3 Å². The van der Waals surface area contributed by atoms with Crippen molar-refractivity contribution in [2.45, 2.75) is 39.3 Å². The van der Waals surface area contributed by atoms with E-state index in [0.29, 0.717) is 31.5 Å². The van der Waals surface area contributed by atoms with Crippen molar-refractivity contribution in [2.24, 2.45) is 4.99 Å². The monoisotopic (exact) mass is 515 g/mol. The van der Waals surface area contributed by atoms with E-state index in [1.165, 1.54) is 0 Å². The van der Waals surface area contributed by atoms with Crippen LogP contribution >= 0.6 is 24.0 Å². The number of halogens is 1. The van der Waals surface area contributed by atoms with Crippen LogP contribution in [0.25, 0.3) is 0 Å². The van der Waals surface area contributed by atoms with Crippen LogP contribution in [0.3, 0.4) is 0 Å². The summed E-state index contributed by atoms with van der Waals surface area (Å²) in [6.45, 7) is 8.37. The predicted molar refractivity (Wildman–Crippen MR) is 123 cm³/mol. The van der Waals surface area contributed by atoms with Gasteiger partial charge in [0.15, 0.2) is 17.5 Å². The van der Waals surface area contributed by atoms with Crippen molar-refractivity contribution in [3.8, 4) is 11.5 Å². The van der Waals surface area contributed by atoms with Gasteiger partial charge in [-0.25, -0.2) is 4.99 Å². The first-order valence-electron chi connectivity index (χ1n) is 9.68. The molecule has 0 saturated heterocycles. The Morgan fingerprint density at radius 1 is 1.14 bits per heavy atom. The molecule has 7 nitrogen and oxygen atoms in total. The van der Waals surface area contributed by atoms with E-state index < -0.39 is 5.60 Å². The van der Waals surface area contributed by atoms with Crippen LogP contribution in [-0.4, -0.2) is 37.4 Å². The number of nitrogens with zero attached hydrogens (tertiary/aromatic N) is 1. The molecule has 3 N–H and O–H groups in total. The molecule has 3 rings (SSSR count). The Balaban J connectivity index is 0.00000300. The average molecular weight is 515 g/mol. The van der Waals surface area contributed by atoms with Crippen LogP contribution in [0, 0.1) is 6.92 Å². The molecule has 160 valence electrons. The van der Waals surface area contributed by atoms with Crippen molar-refractivity contribution in [3.63, 3.8) is 0 Å². The van der Waals surface area contributed by atoms with Gasteiger partial charge in [0.05, 0.1) is 26.3 Å². The molecule has 0 bridgehead atoms. The molecule has 2 heterocycles. The number of hydrogen-bond acceptors (Lipinski definition) is 5. The third-order valence-corrected chi connectivity index (χ3v) is 4.45. The van der Waals surface area contributed by atoms with Gasteiger partial charge in [-0.2, -0.15) is 0 Å². The van der Waals surface area contributed by atoms with Crippen molar-refractivity contribution in [1.82, 2.24) is 10.6 Å². The first-order valence-corrected chi connectivity index (χ1v) is 9.68.